The predicted molar refractivity (Wildman–Crippen MR) is 73.5 cm³/mol. The van der Waals surface area contributed by atoms with Gasteiger partial charge in [0.15, 0.2) is 11.0 Å². The molecule has 7 nitrogen and oxygen atoms in total. The lowest BCUT2D eigenvalue weighted by Crippen LogP contribution is -2.44. The summed E-state index contributed by atoms with van der Waals surface area (Å²) >= 11 is 5.64. The van der Waals surface area contributed by atoms with Crippen LogP contribution in [-0.2, 0) is 10.2 Å². The number of rotatable bonds is 4. The summed E-state index contributed by atoms with van der Waals surface area (Å²) in [7, 11) is -3.70. The van der Waals surface area contributed by atoms with Gasteiger partial charge in [-0.05, 0) is 42.5 Å². The third-order valence-corrected chi connectivity index (χ3v) is 3.94. The first-order valence-corrected chi connectivity index (χ1v) is 8.09. The van der Waals surface area contributed by atoms with Crippen LogP contribution in [0.3, 0.4) is 0 Å². The van der Waals surface area contributed by atoms with Crippen molar-refractivity contribution in [2.45, 2.75) is 12.8 Å². The van der Waals surface area contributed by atoms with E-state index in [0.29, 0.717) is 13.1 Å². The molecule has 1 saturated heterocycles. The average Bonchev–Trinajstić information content (AvgIpc) is 2.82. The van der Waals surface area contributed by atoms with Crippen molar-refractivity contribution in [3.05, 3.63) is 23.1 Å². The number of amides is 1. The largest absolute Gasteiger partial charge is 0.440 e. The van der Waals surface area contributed by atoms with Crippen LogP contribution in [0.1, 0.15) is 23.4 Å². The van der Waals surface area contributed by atoms with Crippen molar-refractivity contribution in [3.63, 3.8) is 0 Å². The molecule has 1 aromatic heterocycles. The maximum atomic E-state index is 12.2. The van der Waals surface area contributed by atoms with Gasteiger partial charge in [-0.25, -0.2) is 9.86 Å². The highest BCUT2D eigenvalue weighted by atomic mass is 35.5. The van der Waals surface area contributed by atoms with Gasteiger partial charge in [-0.2, -0.15) is 8.42 Å². The molecule has 1 amide bonds. The van der Waals surface area contributed by atoms with Gasteiger partial charge in [0, 0.05) is 19.6 Å². The Balaban J connectivity index is 1.94. The minimum absolute atomic E-state index is 0.0384. The molecule has 2 heterocycles. The fourth-order valence-corrected chi connectivity index (χ4v) is 2.85. The van der Waals surface area contributed by atoms with Gasteiger partial charge in [-0.3, -0.25) is 4.79 Å². The molecule has 0 bridgehead atoms. The molecule has 0 aromatic carbocycles. The predicted octanol–water partition coefficient (Wildman–Crippen LogP) is 0.578. The van der Waals surface area contributed by atoms with Crippen molar-refractivity contribution < 1.29 is 17.6 Å². The quantitative estimate of drug-likeness (QED) is 0.846. The van der Waals surface area contributed by atoms with Crippen molar-refractivity contribution in [1.82, 2.24) is 9.62 Å². The fourth-order valence-electron chi connectivity index (χ4n) is 2.24. The van der Waals surface area contributed by atoms with Crippen molar-refractivity contribution in [2.75, 3.05) is 19.6 Å². The molecule has 2 rings (SSSR count). The number of piperidine rings is 1. The van der Waals surface area contributed by atoms with Crippen LogP contribution in [0.4, 0.5) is 0 Å². The van der Waals surface area contributed by atoms with Crippen LogP contribution in [0.25, 0.3) is 0 Å². The van der Waals surface area contributed by atoms with Gasteiger partial charge in [0.05, 0.1) is 0 Å². The van der Waals surface area contributed by atoms with Crippen molar-refractivity contribution in [3.8, 4) is 0 Å². The van der Waals surface area contributed by atoms with E-state index in [2.05, 4.69) is 4.72 Å². The Morgan fingerprint density at radius 2 is 2.30 bits per heavy atom. The Labute approximate surface area is 122 Å². The third-order valence-electron chi connectivity index (χ3n) is 3.16. The van der Waals surface area contributed by atoms with Gasteiger partial charge in [-0.1, -0.05) is 0 Å². The summed E-state index contributed by atoms with van der Waals surface area (Å²) in [6.45, 7) is 1.30. The molecule has 112 valence electrons. The summed E-state index contributed by atoms with van der Waals surface area (Å²) in [4.78, 5) is 13.8. The Kier molecular flexibility index (Phi) is 4.69. The number of carbonyl (C=O) groups excluding carboxylic acids is 1. The van der Waals surface area contributed by atoms with E-state index in [4.69, 9.17) is 21.2 Å². The minimum atomic E-state index is -3.70. The SMILES string of the molecule is NS(=O)(=O)NCC1CCCN(C(=O)c2ccc(Cl)o2)C1. The standard InChI is InChI=1S/C11H16ClN3O4S/c12-10-4-3-9(19-10)11(16)15-5-1-2-8(7-15)6-14-20(13,17)18/h3-4,8,14H,1-2,5-7H2,(H2,13,17,18). The Morgan fingerprint density at radius 1 is 1.55 bits per heavy atom. The van der Waals surface area contributed by atoms with E-state index in [9.17, 15) is 13.2 Å². The molecule has 20 heavy (non-hydrogen) atoms. The van der Waals surface area contributed by atoms with Gasteiger partial charge < -0.3 is 9.32 Å². The van der Waals surface area contributed by atoms with Crippen molar-refractivity contribution in [2.24, 2.45) is 11.1 Å². The number of hydrogen-bond acceptors (Lipinski definition) is 4. The number of furan rings is 1. The van der Waals surface area contributed by atoms with Gasteiger partial charge in [0.1, 0.15) is 0 Å². The minimum Gasteiger partial charge on any atom is -0.440 e. The van der Waals surface area contributed by atoms with Crippen LogP contribution < -0.4 is 9.86 Å². The van der Waals surface area contributed by atoms with Crippen molar-refractivity contribution in [1.29, 1.82) is 0 Å². The normalized spacial score (nSPS) is 20.1. The highest BCUT2D eigenvalue weighted by Crippen LogP contribution is 2.20. The van der Waals surface area contributed by atoms with Crippen molar-refractivity contribution >= 4 is 27.7 Å². The van der Waals surface area contributed by atoms with E-state index in [1.165, 1.54) is 12.1 Å². The molecule has 1 atom stereocenters. The van der Waals surface area contributed by atoms with Gasteiger partial charge in [-0.15, -0.1) is 0 Å². The van der Waals surface area contributed by atoms with Crippen LogP contribution >= 0.6 is 11.6 Å². The number of hydrogen-bond donors (Lipinski definition) is 2. The summed E-state index contributed by atoms with van der Waals surface area (Å²) < 4.78 is 29.1. The van der Waals surface area contributed by atoms with Crippen LogP contribution in [0.2, 0.25) is 5.22 Å². The van der Waals surface area contributed by atoms with E-state index in [1.54, 1.807) is 4.90 Å². The maximum absolute atomic E-state index is 12.2. The highest BCUT2D eigenvalue weighted by Gasteiger charge is 2.26. The molecule has 0 spiro atoms. The number of nitrogens with zero attached hydrogens (tertiary/aromatic N) is 1. The molecule has 0 aliphatic carbocycles. The van der Waals surface area contributed by atoms with E-state index in [0.717, 1.165) is 12.8 Å². The lowest BCUT2D eigenvalue weighted by molar-refractivity contribution is 0.0644. The summed E-state index contributed by atoms with van der Waals surface area (Å²) in [5, 5.41) is 5.06. The molecule has 0 saturated carbocycles. The highest BCUT2D eigenvalue weighted by molar-refractivity contribution is 7.87. The summed E-state index contributed by atoms with van der Waals surface area (Å²) in [6, 6.07) is 3.04. The number of nitrogens with one attached hydrogen (secondary N) is 1. The summed E-state index contributed by atoms with van der Waals surface area (Å²) in [5.74, 6) is -0.0104. The third kappa shape index (κ3) is 4.20. The number of halogens is 1. The molecule has 1 fully saturated rings. The average molecular weight is 322 g/mol. The second-order valence-corrected chi connectivity index (χ2v) is 6.51. The van der Waals surface area contributed by atoms with Crippen LogP contribution in [0.15, 0.2) is 16.5 Å². The Hall–Kier alpha value is -1.09. The van der Waals surface area contributed by atoms with Crippen LogP contribution in [0.5, 0.6) is 0 Å². The first-order chi connectivity index (χ1) is 9.35. The topological polar surface area (TPSA) is 106 Å². The van der Waals surface area contributed by atoms with Crippen LogP contribution in [0, 0.1) is 5.92 Å². The molecule has 1 aromatic rings. The monoisotopic (exact) mass is 321 g/mol. The van der Waals surface area contributed by atoms with E-state index < -0.39 is 10.2 Å². The molecule has 1 unspecified atom stereocenters. The molecule has 0 radical (unpaired) electrons. The lowest BCUT2D eigenvalue weighted by Gasteiger charge is -2.32. The van der Waals surface area contributed by atoms with Gasteiger partial charge >= 0.3 is 0 Å². The van der Waals surface area contributed by atoms with Gasteiger partial charge in [0.2, 0.25) is 0 Å². The summed E-state index contributed by atoms with van der Waals surface area (Å²) in [6.07, 6.45) is 1.64. The zero-order chi connectivity index (χ0) is 14.8. The second kappa shape index (κ2) is 6.13. The zero-order valence-corrected chi connectivity index (χ0v) is 12.3. The summed E-state index contributed by atoms with van der Waals surface area (Å²) in [5.41, 5.74) is 0. The molecule has 1 aliphatic rings. The first-order valence-electron chi connectivity index (χ1n) is 6.17. The Bertz CT molecular complexity index is 586. The first kappa shape index (κ1) is 15.3. The molecule has 9 heteroatoms. The smallest absolute Gasteiger partial charge is 0.289 e. The van der Waals surface area contributed by atoms with E-state index in [-0.39, 0.29) is 29.3 Å². The maximum Gasteiger partial charge on any atom is 0.289 e. The Morgan fingerprint density at radius 3 is 2.90 bits per heavy atom. The number of nitrogens with two attached hydrogens (primary N) is 1. The molecule has 1 aliphatic heterocycles. The lowest BCUT2D eigenvalue weighted by atomic mass is 9.98. The van der Waals surface area contributed by atoms with E-state index >= 15 is 0 Å². The molecular weight excluding hydrogens is 306 g/mol. The van der Waals surface area contributed by atoms with Gasteiger partial charge in [0.25, 0.3) is 16.1 Å². The number of likely N-dealkylation sites (tertiary alicyclic amines) is 1. The second-order valence-electron chi connectivity index (χ2n) is 4.76. The van der Waals surface area contributed by atoms with E-state index in [1.807, 2.05) is 0 Å². The molecule has 3 N–H and O–H groups in total. The molecular formula is C11H16ClN3O4S. The number of carbonyl (C=O) groups is 1. The zero-order valence-electron chi connectivity index (χ0n) is 10.7. The fraction of sp³-hybridized carbons (Fsp3) is 0.545. The van der Waals surface area contributed by atoms with Crippen LogP contribution in [-0.4, -0.2) is 38.9 Å².